The molecular formula is C35H36BClN2O5. The summed E-state index contributed by atoms with van der Waals surface area (Å²) in [6, 6.07) is 17.4. The number of hydrogen-bond donors (Lipinski definition) is 1. The van der Waals surface area contributed by atoms with Crippen molar-refractivity contribution in [3.63, 3.8) is 0 Å². The summed E-state index contributed by atoms with van der Waals surface area (Å²) in [7, 11) is -0.448. The van der Waals surface area contributed by atoms with Crippen LogP contribution in [0.25, 0.3) is 11.1 Å². The second kappa shape index (κ2) is 12.6. The van der Waals surface area contributed by atoms with E-state index >= 15 is 0 Å². The van der Waals surface area contributed by atoms with Crippen LogP contribution in [0.5, 0.6) is 11.5 Å². The maximum Gasteiger partial charge on any atom is 0.495 e. The maximum absolute atomic E-state index is 11.8. The van der Waals surface area contributed by atoms with E-state index in [2.05, 4.69) is 64.7 Å². The zero-order chi connectivity index (χ0) is 31.6. The summed E-state index contributed by atoms with van der Waals surface area (Å²) in [6.07, 6.45) is 5.17. The summed E-state index contributed by atoms with van der Waals surface area (Å²) < 4.78 is 24.9. The quantitative estimate of drug-likeness (QED) is 0.115. The average molecular weight is 611 g/mol. The molecule has 1 aromatic heterocycles. The van der Waals surface area contributed by atoms with Crippen molar-refractivity contribution in [2.75, 3.05) is 0 Å². The number of nitrogens with zero attached hydrogens (tertiary/aromatic N) is 1. The molecule has 1 saturated heterocycles. The molecule has 0 spiro atoms. The van der Waals surface area contributed by atoms with Crippen LogP contribution in [0.1, 0.15) is 65.9 Å². The molecule has 4 aromatic rings. The number of hydrogen-bond acceptors (Lipinski definition) is 7. The molecule has 7 nitrogen and oxygen atoms in total. The van der Waals surface area contributed by atoms with Gasteiger partial charge in [-0.1, -0.05) is 48.0 Å². The molecule has 1 aliphatic rings. The van der Waals surface area contributed by atoms with Crippen LogP contribution in [0.15, 0.2) is 67.0 Å². The lowest BCUT2D eigenvalue weighted by Gasteiger charge is -2.32. The van der Waals surface area contributed by atoms with E-state index in [-0.39, 0.29) is 13.2 Å². The van der Waals surface area contributed by atoms with Crippen molar-refractivity contribution >= 4 is 36.7 Å². The van der Waals surface area contributed by atoms with Crippen molar-refractivity contribution in [3.8, 4) is 22.6 Å². The largest absolute Gasteiger partial charge is 0.495 e. The van der Waals surface area contributed by atoms with Gasteiger partial charge in [-0.15, -0.1) is 0 Å². The highest BCUT2D eigenvalue weighted by Crippen LogP contribution is 2.38. The molecule has 2 heterocycles. The van der Waals surface area contributed by atoms with Crippen molar-refractivity contribution in [1.82, 2.24) is 4.98 Å². The number of pyridine rings is 1. The van der Waals surface area contributed by atoms with Crippen molar-refractivity contribution < 1.29 is 23.6 Å². The fourth-order valence-corrected chi connectivity index (χ4v) is 5.39. The van der Waals surface area contributed by atoms with Crippen molar-refractivity contribution in [3.05, 3.63) is 105 Å². The minimum absolute atomic E-state index is 0.169. The van der Waals surface area contributed by atoms with Gasteiger partial charge in [-0.05, 0) is 87.0 Å². The lowest BCUT2D eigenvalue weighted by Crippen LogP contribution is -2.41. The van der Waals surface area contributed by atoms with Crippen LogP contribution in [-0.4, -0.2) is 35.8 Å². The van der Waals surface area contributed by atoms with Crippen LogP contribution in [-0.2, 0) is 22.5 Å². The molecule has 1 aliphatic heterocycles. The number of carbonyl (C=O) groups excluding carboxylic acids is 1. The summed E-state index contributed by atoms with van der Waals surface area (Å²) in [5.74, 6) is 0.752. The number of benzene rings is 3. The maximum atomic E-state index is 11.8. The van der Waals surface area contributed by atoms with Crippen LogP contribution < -0.4 is 14.9 Å². The Morgan fingerprint density at radius 2 is 1.55 bits per heavy atom. The fraction of sp³-hybridized carbons (Fsp3) is 0.286. The normalized spacial score (nSPS) is 15.2. The highest BCUT2D eigenvalue weighted by Gasteiger charge is 2.52. The first-order valence-corrected chi connectivity index (χ1v) is 14.8. The third-order valence-corrected chi connectivity index (χ3v) is 8.87. The van der Waals surface area contributed by atoms with E-state index in [0.29, 0.717) is 33.9 Å². The van der Waals surface area contributed by atoms with Crippen LogP contribution in [0.2, 0.25) is 5.02 Å². The number of nitrogens with one attached hydrogen (secondary N) is 1. The van der Waals surface area contributed by atoms with E-state index in [1.165, 1.54) is 6.21 Å². The Hall–Kier alpha value is -3.98. The Labute approximate surface area is 264 Å². The summed E-state index contributed by atoms with van der Waals surface area (Å²) in [6.45, 7) is 12.9. The van der Waals surface area contributed by atoms with E-state index in [4.69, 9.17) is 35.8 Å². The second-order valence-corrected chi connectivity index (χ2v) is 12.4. The van der Waals surface area contributed by atoms with Gasteiger partial charge in [-0.3, -0.25) is 9.78 Å². The standard InChI is InChI=1S/C35H36BClN2O5/c1-22-26(9-7-10-28(22)29-11-8-12-30(23(29)2)36-43-34(3,4)35(5,6)44-36)21-42-33-15-32(27(19-40)14-31(33)37)41-20-25-13-24(16-38)17-39-18-25/h7-19,38H,20-21H2,1-6H3. The molecule has 0 unspecified atom stereocenters. The van der Waals surface area contributed by atoms with Gasteiger partial charge in [0, 0.05) is 35.8 Å². The number of ether oxygens (including phenoxy) is 2. The first kappa shape index (κ1) is 31.4. The third-order valence-electron chi connectivity index (χ3n) is 8.57. The van der Waals surface area contributed by atoms with Crippen molar-refractivity contribution in [1.29, 1.82) is 5.41 Å². The smallest absolute Gasteiger partial charge is 0.488 e. The number of halogens is 1. The molecule has 0 aliphatic carbocycles. The van der Waals surface area contributed by atoms with E-state index in [9.17, 15) is 4.79 Å². The van der Waals surface area contributed by atoms with Gasteiger partial charge >= 0.3 is 7.12 Å². The monoisotopic (exact) mass is 610 g/mol. The van der Waals surface area contributed by atoms with Crippen LogP contribution in [0.3, 0.4) is 0 Å². The summed E-state index contributed by atoms with van der Waals surface area (Å²) >= 11 is 6.51. The predicted octanol–water partition coefficient (Wildman–Crippen LogP) is 7.29. The Morgan fingerprint density at radius 3 is 2.23 bits per heavy atom. The van der Waals surface area contributed by atoms with Gasteiger partial charge in [0.2, 0.25) is 0 Å². The molecule has 44 heavy (non-hydrogen) atoms. The first-order valence-electron chi connectivity index (χ1n) is 14.5. The zero-order valence-corrected chi connectivity index (χ0v) is 26.6. The molecule has 9 heteroatoms. The lowest BCUT2D eigenvalue weighted by atomic mass is 9.74. The van der Waals surface area contributed by atoms with Crippen LogP contribution in [0.4, 0.5) is 0 Å². The predicted molar refractivity (Wildman–Crippen MR) is 175 cm³/mol. The first-order chi connectivity index (χ1) is 20.9. The highest BCUT2D eigenvalue weighted by atomic mass is 35.5. The molecule has 0 amide bonds. The Kier molecular flexibility index (Phi) is 8.98. The number of carbonyl (C=O) groups is 1. The van der Waals surface area contributed by atoms with Gasteiger partial charge in [0.1, 0.15) is 24.7 Å². The summed E-state index contributed by atoms with van der Waals surface area (Å²) in [5.41, 5.74) is 7.28. The minimum atomic E-state index is -0.448. The van der Waals surface area contributed by atoms with Gasteiger partial charge < -0.3 is 24.2 Å². The molecule has 0 saturated carbocycles. The van der Waals surface area contributed by atoms with Crippen molar-refractivity contribution in [2.45, 2.75) is 66.0 Å². The molecule has 226 valence electrons. The topological polar surface area (TPSA) is 90.7 Å². The van der Waals surface area contributed by atoms with Gasteiger partial charge in [-0.2, -0.15) is 0 Å². The Balaban J connectivity index is 1.37. The molecule has 1 N–H and O–H groups in total. The Morgan fingerprint density at radius 1 is 0.886 bits per heavy atom. The number of rotatable bonds is 10. The Bertz CT molecular complexity index is 1710. The van der Waals surface area contributed by atoms with Crippen molar-refractivity contribution in [2.24, 2.45) is 0 Å². The zero-order valence-electron chi connectivity index (χ0n) is 25.9. The van der Waals surface area contributed by atoms with Crippen LogP contribution >= 0.6 is 11.6 Å². The van der Waals surface area contributed by atoms with Gasteiger partial charge in [-0.25, -0.2) is 0 Å². The molecule has 0 atom stereocenters. The SMILES string of the molecule is Cc1c(COc2cc(OCc3cncc(C=N)c3)c(C=O)cc2Cl)cccc1-c1cccc(B2OC(C)(C)C(C)(C)O2)c1C. The van der Waals surface area contributed by atoms with Gasteiger partial charge in [0.15, 0.2) is 6.29 Å². The van der Waals surface area contributed by atoms with E-state index in [1.54, 1.807) is 30.6 Å². The molecular weight excluding hydrogens is 575 g/mol. The summed E-state index contributed by atoms with van der Waals surface area (Å²) in [5, 5.41) is 7.75. The third kappa shape index (κ3) is 6.29. The van der Waals surface area contributed by atoms with Crippen LogP contribution in [0, 0.1) is 19.3 Å². The number of aldehydes is 1. The van der Waals surface area contributed by atoms with Gasteiger partial charge in [0.05, 0.1) is 21.8 Å². The molecule has 5 rings (SSSR count). The molecule has 0 bridgehead atoms. The highest BCUT2D eigenvalue weighted by molar-refractivity contribution is 6.62. The summed E-state index contributed by atoms with van der Waals surface area (Å²) in [4.78, 5) is 15.9. The average Bonchev–Trinajstić information content (AvgIpc) is 3.22. The van der Waals surface area contributed by atoms with E-state index in [1.807, 2.05) is 18.2 Å². The molecule has 0 radical (unpaired) electrons. The second-order valence-electron chi connectivity index (χ2n) is 12.0. The lowest BCUT2D eigenvalue weighted by molar-refractivity contribution is 0.00578. The fourth-order valence-electron chi connectivity index (χ4n) is 5.16. The van der Waals surface area contributed by atoms with E-state index in [0.717, 1.165) is 38.8 Å². The molecule has 1 fully saturated rings. The molecule has 3 aromatic carbocycles. The minimum Gasteiger partial charge on any atom is -0.488 e. The number of aromatic nitrogens is 1. The van der Waals surface area contributed by atoms with E-state index < -0.39 is 18.3 Å². The van der Waals surface area contributed by atoms with Gasteiger partial charge in [0.25, 0.3) is 0 Å².